The van der Waals surface area contributed by atoms with Crippen LogP contribution in [-0.2, 0) is 11.3 Å². The molecule has 0 aromatic carbocycles. The van der Waals surface area contributed by atoms with Crippen molar-refractivity contribution in [2.45, 2.75) is 53.2 Å². The van der Waals surface area contributed by atoms with Crippen molar-refractivity contribution in [1.29, 1.82) is 0 Å². The lowest BCUT2D eigenvalue weighted by molar-refractivity contribution is -0.136. The highest BCUT2D eigenvalue weighted by Gasteiger charge is 2.32. The average molecular weight is 464 g/mol. The molecule has 1 aromatic rings. The van der Waals surface area contributed by atoms with Crippen LogP contribution in [0.4, 0.5) is 0 Å². The number of aliphatic hydroxyl groups excluding tert-OH is 1. The Morgan fingerprint density at radius 1 is 1.15 bits per heavy atom. The molecule has 0 spiro atoms. The number of aromatic nitrogens is 1. The Hall–Kier alpha value is -1.97. The Bertz CT molecular complexity index is 771. The average Bonchev–Trinajstić information content (AvgIpc) is 3.29. The van der Waals surface area contributed by atoms with Crippen LogP contribution in [0.5, 0.6) is 0 Å². The molecule has 33 heavy (non-hydrogen) atoms. The molecule has 3 rings (SSSR count). The number of rotatable bonds is 9. The van der Waals surface area contributed by atoms with Crippen LogP contribution in [-0.4, -0.2) is 107 Å². The number of carbonyl (C=O) groups excluding carboxylic acids is 2. The first-order valence-electron chi connectivity index (χ1n) is 12.5. The topological polar surface area (TPSA) is 93.4 Å². The Labute approximate surface area is 197 Å². The van der Waals surface area contributed by atoms with Crippen molar-refractivity contribution >= 4 is 11.8 Å². The fourth-order valence-electron chi connectivity index (χ4n) is 4.60. The lowest BCUT2D eigenvalue weighted by Gasteiger charge is -2.35. The number of hydrogen-bond acceptors (Lipinski definition) is 7. The summed E-state index contributed by atoms with van der Waals surface area (Å²) in [5.41, 5.74) is 0.319. The Balaban J connectivity index is 1.50. The largest absolute Gasteiger partial charge is 0.447 e. The van der Waals surface area contributed by atoms with Gasteiger partial charge in [0.05, 0.1) is 18.6 Å². The van der Waals surface area contributed by atoms with E-state index >= 15 is 0 Å². The van der Waals surface area contributed by atoms with Gasteiger partial charge < -0.3 is 19.3 Å². The predicted molar refractivity (Wildman–Crippen MR) is 126 cm³/mol. The van der Waals surface area contributed by atoms with Crippen LogP contribution in [0.2, 0.25) is 0 Å². The van der Waals surface area contributed by atoms with Crippen molar-refractivity contribution in [2.24, 2.45) is 11.8 Å². The first-order valence-corrected chi connectivity index (χ1v) is 12.5. The fourth-order valence-corrected chi connectivity index (χ4v) is 4.60. The molecular formula is C24H41N5O4. The molecule has 2 atom stereocenters. The van der Waals surface area contributed by atoms with E-state index in [-0.39, 0.29) is 29.8 Å². The maximum Gasteiger partial charge on any atom is 0.275 e. The molecule has 2 aliphatic heterocycles. The molecule has 186 valence electrons. The van der Waals surface area contributed by atoms with Gasteiger partial charge in [-0.2, -0.15) is 0 Å². The van der Waals surface area contributed by atoms with Gasteiger partial charge in [0.1, 0.15) is 6.26 Å². The first-order chi connectivity index (χ1) is 15.8. The summed E-state index contributed by atoms with van der Waals surface area (Å²) in [5.74, 6) is 0.644. The third kappa shape index (κ3) is 6.77. The molecule has 0 bridgehead atoms. The zero-order chi connectivity index (χ0) is 24.0. The molecule has 9 nitrogen and oxygen atoms in total. The lowest BCUT2D eigenvalue weighted by Crippen LogP contribution is -2.48. The van der Waals surface area contributed by atoms with E-state index in [9.17, 15) is 14.7 Å². The standard InChI is InChI=1S/C24H41N5O4/c1-5-28(6-2)23(31)19-8-7-9-29(14-19)24(32)20-17-33-22(25-20)16-27-12-10-26(11-13-27)15-21(30)18(3)4/h17-19,21,30H,5-16H2,1-4H3/t19-,21+/m1/s1. The second-order valence-corrected chi connectivity index (χ2v) is 9.62. The summed E-state index contributed by atoms with van der Waals surface area (Å²) in [4.78, 5) is 38.4. The maximum atomic E-state index is 13.0. The van der Waals surface area contributed by atoms with E-state index < -0.39 is 0 Å². The van der Waals surface area contributed by atoms with Gasteiger partial charge in [0.2, 0.25) is 11.8 Å². The van der Waals surface area contributed by atoms with Crippen LogP contribution in [0.1, 0.15) is 56.9 Å². The molecule has 0 aliphatic carbocycles. The summed E-state index contributed by atoms with van der Waals surface area (Å²) in [6, 6.07) is 0. The highest BCUT2D eigenvalue weighted by atomic mass is 16.3. The van der Waals surface area contributed by atoms with Crippen molar-refractivity contribution < 1.29 is 19.1 Å². The number of β-amino-alcohol motifs (C(OH)–C–C–N with tert-alkyl or cyclic N) is 1. The van der Waals surface area contributed by atoms with Crippen molar-refractivity contribution in [3.05, 3.63) is 17.8 Å². The first kappa shape index (κ1) is 25.6. The van der Waals surface area contributed by atoms with E-state index in [1.54, 1.807) is 4.90 Å². The van der Waals surface area contributed by atoms with Crippen LogP contribution < -0.4 is 0 Å². The van der Waals surface area contributed by atoms with Crippen LogP contribution in [0.3, 0.4) is 0 Å². The van der Waals surface area contributed by atoms with Crippen LogP contribution in [0.15, 0.2) is 10.7 Å². The number of amides is 2. The van der Waals surface area contributed by atoms with Crippen LogP contribution >= 0.6 is 0 Å². The molecule has 0 unspecified atom stereocenters. The minimum absolute atomic E-state index is 0.137. The second-order valence-electron chi connectivity index (χ2n) is 9.62. The summed E-state index contributed by atoms with van der Waals surface area (Å²) >= 11 is 0. The van der Waals surface area contributed by atoms with Gasteiger partial charge in [-0.1, -0.05) is 13.8 Å². The van der Waals surface area contributed by atoms with E-state index in [1.165, 1.54) is 6.26 Å². The maximum absolute atomic E-state index is 13.0. The Morgan fingerprint density at radius 2 is 1.82 bits per heavy atom. The smallest absolute Gasteiger partial charge is 0.275 e. The molecule has 2 aliphatic rings. The van der Waals surface area contributed by atoms with Gasteiger partial charge in [-0.3, -0.25) is 19.4 Å². The molecule has 2 fully saturated rings. The highest BCUT2D eigenvalue weighted by Crippen LogP contribution is 2.21. The number of piperazine rings is 1. The van der Waals surface area contributed by atoms with Crippen LogP contribution in [0, 0.1) is 11.8 Å². The zero-order valence-electron chi connectivity index (χ0n) is 20.7. The predicted octanol–water partition coefficient (Wildman–Crippen LogP) is 1.53. The van der Waals surface area contributed by atoms with Gasteiger partial charge in [0.15, 0.2) is 5.69 Å². The molecule has 9 heteroatoms. The summed E-state index contributed by atoms with van der Waals surface area (Å²) in [5, 5.41) is 10.1. The second kappa shape index (κ2) is 11.9. The van der Waals surface area contributed by atoms with Gasteiger partial charge in [-0.15, -0.1) is 0 Å². The van der Waals surface area contributed by atoms with E-state index in [4.69, 9.17) is 4.42 Å². The van der Waals surface area contributed by atoms with Gasteiger partial charge in [0, 0.05) is 58.9 Å². The normalized spacial score (nSPS) is 21.4. The Kier molecular flexibility index (Phi) is 9.28. The summed E-state index contributed by atoms with van der Waals surface area (Å²) in [7, 11) is 0. The number of likely N-dealkylation sites (tertiary alicyclic amines) is 1. The molecule has 1 aromatic heterocycles. The van der Waals surface area contributed by atoms with Crippen molar-refractivity contribution in [3.8, 4) is 0 Å². The number of aliphatic hydroxyl groups is 1. The highest BCUT2D eigenvalue weighted by molar-refractivity contribution is 5.92. The van der Waals surface area contributed by atoms with Crippen molar-refractivity contribution in [3.63, 3.8) is 0 Å². The molecule has 0 radical (unpaired) electrons. The number of hydrogen-bond donors (Lipinski definition) is 1. The number of oxazole rings is 1. The van der Waals surface area contributed by atoms with Gasteiger partial charge in [-0.25, -0.2) is 4.98 Å². The summed E-state index contributed by atoms with van der Waals surface area (Å²) < 4.78 is 5.62. The zero-order valence-corrected chi connectivity index (χ0v) is 20.7. The third-order valence-electron chi connectivity index (χ3n) is 6.94. The van der Waals surface area contributed by atoms with Crippen molar-refractivity contribution in [1.82, 2.24) is 24.6 Å². The number of nitrogens with zero attached hydrogens (tertiary/aromatic N) is 5. The Morgan fingerprint density at radius 3 is 2.45 bits per heavy atom. The SMILES string of the molecule is CCN(CC)C(=O)[C@@H]1CCCN(C(=O)c2coc(CN3CCN(C[C@H](O)C(C)C)CC3)n2)C1. The molecule has 3 heterocycles. The molecule has 1 N–H and O–H groups in total. The third-order valence-corrected chi connectivity index (χ3v) is 6.94. The van der Waals surface area contributed by atoms with E-state index in [0.717, 1.165) is 39.0 Å². The monoisotopic (exact) mass is 463 g/mol. The summed E-state index contributed by atoms with van der Waals surface area (Å²) in [6.45, 7) is 15.3. The van der Waals surface area contributed by atoms with Gasteiger partial charge >= 0.3 is 0 Å². The van der Waals surface area contributed by atoms with E-state index in [0.29, 0.717) is 50.9 Å². The van der Waals surface area contributed by atoms with Crippen LogP contribution in [0.25, 0.3) is 0 Å². The number of carbonyl (C=O) groups is 2. The van der Waals surface area contributed by atoms with E-state index in [2.05, 4.69) is 14.8 Å². The quantitative estimate of drug-likeness (QED) is 0.594. The number of piperidine rings is 1. The lowest BCUT2D eigenvalue weighted by atomic mass is 9.96. The summed E-state index contributed by atoms with van der Waals surface area (Å²) in [6.07, 6.45) is 2.80. The van der Waals surface area contributed by atoms with E-state index in [1.807, 2.05) is 32.6 Å². The molecule has 0 saturated carbocycles. The molecule has 2 saturated heterocycles. The molecule has 2 amide bonds. The fraction of sp³-hybridized carbons (Fsp3) is 0.792. The van der Waals surface area contributed by atoms with Gasteiger partial charge in [0.25, 0.3) is 5.91 Å². The minimum atomic E-state index is -0.298. The van der Waals surface area contributed by atoms with Gasteiger partial charge in [-0.05, 0) is 32.6 Å². The minimum Gasteiger partial charge on any atom is -0.447 e. The molecular weight excluding hydrogens is 422 g/mol. The van der Waals surface area contributed by atoms with Crippen molar-refractivity contribution in [2.75, 3.05) is 58.9 Å².